The Morgan fingerprint density at radius 2 is 1.89 bits per heavy atom. The summed E-state index contributed by atoms with van der Waals surface area (Å²) < 4.78 is 31.9. The molecular formula is C14H13F2NO2. The lowest BCUT2D eigenvalue weighted by Gasteiger charge is -2.07. The van der Waals surface area contributed by atoms with Crippen LogP contribution in [0.4, 0.5) is 8.78 Å². The lowest BCUT2D eigenvalue weighted by molar-refractivity contribution is 0.0948. The second-order valence-corrected chi connectivity index (χ2v) is 4.23. The number of benzene rings is 1. The smallest absolute Gasteiger partial charge is 0.255 e. The Kier molecular flexibility index (Phi) is 3.64. The van der Waals surface area contributed by atoms with E-state index in [-0.39, 0.29) is 12.1 Å². The Bertz CT molecular complexity index is 580. The van der Waals surface area contributed by atoms with Gasteiger partial charge < -0.3 is 9.73 Å². The van der Waals surface area contributed by atoms with Crippen molar-refractivity contribution in [1.29, 1.82) is 0 Å². The van der Waals surface area contributed by atoms with Crippen LogP contribution in [0.25, 0.3) is 0 Å². The summed E-state index contributed by atoms with van der Waals surface area (Å²) in [4.78, 5) is 11.9. The average Bonchev–Trinajstić information content (AvgIpc) is 2.68. The number of carbonyl (C=O) groups is 1. The fourth-order valence-corrected chi connectivity index (χ4v) is 1.87. The summed E-state index contributed by atoms with van der Waals surface area (Å²) >= 11 is 0. The number of hydrogen-bond acceptors (Lipinski definition) is 2. The first-order chi connectivity index (χ1) is 9.00. The Morgan fingerprint density at radius 3 is 2.42 bits per heavy atom. The molecule has 0 atom stereocenters. The van der Waals surface area contributed by atoms with Gasteiger partial charge in [-0.25, -0.2) is 8.78 Å². The van der Waals surface area contributed by atoms with Crippen molar-refractivity contribution < 1.29 is 18.0 Å². The molecule has 100 valence electrons. The Labute approximate surface area is 109 Å². The van der Waals surface area contributed by atoms with Gasteiger partial charge >= 0.3 is 0 Å². The van der Waals surface area contributed by atoms with E-state index in [0.29, 0.717) is 16.9 Å². The highest BCUT2D eigenvalue weighted by Gasteiger charge is 2.16. The molecule has 1 N–H and O–H groups in total. The van der Waals surface area contributed by atoms with Gasteiger partial charge in [0.25, 0.3) is 5.91 Å². The van der Waals surface area contributed by atoms with Gasteiger partial charge in [0.05, 0.1) is 11.8 Å². The van der Waals surface area contributed by atoms with Gasteiger partial charge in [-0.1, -0.05) is 6.07 Å². The second kappa shape index (κ2) is 5.22. The number of halogens is 2. The molecule has 2 rings (SSSR count). The molecule has 0 spiro atoms. The van der Waals surface area contributed by atoms with Crippen molar-refractivity contribution in [2.24, 2.45) is 0 Å². The van der Waals surface area contributed by atoms with Crippen LogP contribution in [0.2, 0.25) is 0 Å². The Morgan fingerprint density at radius 1 is 1.26 bits per heavy atom. The second-order valence-electron chi connectivity index (χ2n) is 4.23. The van der Waals surface area contributed by atoms with Gasteiger partial charge in [0.2, 0.25) is 0 Å². The van der Waals surface area contributed by atoms with Crippen LogP contribution < -0.4 is 5.32 Å². The normalized spacial score (nSPS) is 10.5. The molecule has 0 bridgehead atoms. The summed E-state index contributed by atoms with van der Waals surface area (Å²) in [5.74, 6) is -1.29. The lowest BCUT2D eigenvalue weighted by Crippen LogP contribution is -2.24. The van der Waals surface area contributed by atoms with E-state index in [2.05, 4.69) is 5.32 Å². The molecule has 1 heterocycles. The van der Waals surface area contributed by atoms with E-state index in [1.165, 1.54) is 12.3 Å². The molecule has 0 aliphatic carbocycles. The molecule has 0 saturated carbocycles. The molecule has 1 aromatic heterocycles. The number of nitrogens with one attached hydrogen (secondary N) is 1. The highest BCUT2D eigenvalue weighted by Crippen LogP contribution is 2.16. The van der Waals surface area contributed by atoms with Crippen LogP contribution in [0.15, 0.2) is 28.9 Å². The third kappa shape index (κ3) is 2.65. The number of furan rings is 1. The molecule has 1 aromatic carbocycles. The van der Waals surface area contributed by atoms with Gasteiger partial charge in [-0.15, -0.1) is 0 Å². The van der Waals surface area contributed by atoms with Crippen LogP contribution in [-0.4, -0.2) is 5.91 Å². The molecular weight excluding hydrogens is 252 g/mol. The summed E-state index contributed by atoms with van der Waals surface area (Å²) in [6.45, 7) is 3.18. The standard InChI is InChI=1S/C14H13F2NO2/c1-8-7-19-9(2)13(8)14(18)17-6-10-11(15)4-3-5-12(10)16/h3-5,7H,6H2,1-2H3,(H,17,18). The molecule has 0 radical (unpaired) electrons. The molecule has 1 amide bonds. The molecule has 5 heteroatoms. The quantitative estimate of drug-likeness (QED) is 0.926. The number of carbonyl (C=O) groups excluding carboxylic acids is 1. The van der Waals surface area contributed by atoms with Gasteiger partial charge in [-0.2, -0.15) is 0 Å². The minimum atomic E-state index is -0.680. The highest BCUT2D eigenvalue weighted by molar-refractivity contribution is 5.96. The van der Waals surface area contributed by atoms with Crippen LogP contribution in [0, 0.1) is 25.5 Å². The van der Waals surface area contributed by atoms with Crippen LogP contribution in [0.1, 0.15) is 27.2 Å². The maximum absolute atomic E-state index is 13.4. The topological polar surface area (TPSA) is 42.2 Å². The largest absolute Gasteiger partial charge is 0.469 e. The third-order valence-electron chi connectivity index (χ3n) is 2.87. The predicted octanol–water partition coefficient (Wildman–Crippen LogP) is 3.10. The van der Waals surface area contributed by atoms with Gasteiger partial charge in [-0.3, -0.25) is 4.79 Å². The zero-order chi connectivity index (χ0) is 14.0. The molecule has 0 unspecified atom stereocenters. The van der Waals surface area contributed by atoms with Gasteiger partial charge in [-0.05, 0) is 26.0 Å². The minimum absolute atomic E-state index is 0.158. The summed E-state index contributed by atoms with van der Waals surface area (Å²) in [6, 6.07) is 3.58. The van der Waals surface area contributed by atoms with E-state index < -0.39 is 17.5 Å². The fraction of sp³-hybridized carbons (Fsp3) is 0.214. The van der Waals surface area contributed by atoms with Crippen LogP contribution in [0.3, 0.4) is 0 Å². The maximum Gasteiger partial charge on any atom is 0.255 e. The SMILES string of the molecule is Cc1coc(C)c1C(=O)NCc1c(F)cccc1F. The summed E-state index contributed by atoms with van der Waals surface area (Å²) in [7, 11) is 0. The van der Waals surface area contributed by atoms with Gasteiger partial charge in [0.1, 0.15) is 17.4 Å². The maximum atomic E-state index is 13.4. The molecule has 0 saturated heterocycles. The van der Waals surface area contributed by atoms with Crippen molar-refractivity contribution in [2.45, 2.75) is 20.4 Å². The molecule has 19 heavy (non-hydrogen) atoms. The zero-order valence-corrected chi connectivity index (χ0v) is 10.6. The first-order valence-electron chi connectivity index (χ1n) is 5.76. The molecule has 0 fully saturated rings. The van der Waals surface area contributed by atoms with E-state index in [0.717, 1.165) is 12.1 Å². The summed E-state index contributed by atoms with van der Waals surface area (Å²) in [6.07, 6.45) is 1.47. The van der Waals surface area contributed by atoms with Crippen LogP contribution in [-0.2, 0) is 6.54 Å². The first-order valence-corrected chi connectivity index (χ1v) is 5.76. The number of rotatable bonds is 3. The van der Waals surface area contributed by atoms with E-state index in [4.69, 9.17) is 4.42 Å². The van der Waals surface area contributed by atoms with Crippen molar-refractivity contribution in [3.63, 3.8) is 0 Å². The average molecular weight is 265 g/mol. The third-order valence-corrected chi connectivity index (χ3v) is 2.87. The molecule has 3 nitrogen and oxygen atoms in total. The first kappa shape index (κ1) is 13.3. The van der Waals surface area contributed by atoms with Crippen molar-refractivity contribution in [1.82, 2.24) is 5.32 Å². The summed E-state index contributed by atoms with van der Waals surface area (Å²) in [5.41, 5.74) is 0.926. The van der Waals surface area contributed by atoms with Gasteiger partial charge in [0.15, 0.2) is 0 Å². The van der Waals surface area contributed by atoms with Crippen molar-refractivity contribution in [2.75, 3.05) is 0 Å². The van der Waals surface area contributed by atoms with Crippen LogP contribution >= 0.6 is 0 Å². The Balaban J connectivity index is 2.13. The Hall–Kier alpha value is -2.17. The lowest BCUT2D eigenvalue weighted by atomic mass is 10.1. The minimum Gasteiger partial charge on any atom is -0.469 e. The monoisotopic (exact) mass is 265 g/mol. The predicted molar refractivity (Wildman–Crippen MR) is 65.7 cm³/mol. The van der Waals surface area contributed by atoms with E-state index in [1.54, 1.807) is 13.8 Å². The van der Waals surface area contributed by atoms with E-state index in [1.807, 2.05) is 0 Å². The van der Waals surface area contributed by atoms with Gasteiger partial charge in [0, 0.05) is 17.7 Å². The summed E-state index contributed by atoms with van der Waals surface area (Å²) in [5, 5.41) is 2.49. The highest BCUT2D eigenvalue weighted by atomic mass is 19.1. The molecule has 0 aliphatic heterocycles. The van der Waals surface area contributed by atoms with Crippen LogP contribution in [0.5, 0.6) is 0 Å². The van der Waals surface area contributed by atoms with E-state index >= 15 is 0 Å². The van der Waals surface area contributed by atoms with Crippen molar-refractivity contribution >= 4 is 5.91 Å². The van der Waals surface area contributed by atoms with Crippen molar-refractivity contribution in [3.8, 4) is 0 Å². The number of aryl methyl sites for hydroxylation is 2. The molecule has 0 aliphatic rings. The fourth-order valence-electron chi connectivity index (χ4n) is 1.87. The molecule has 2 aromatic rings. The van der Waals surface area contributed by atoms with Crippen molar-refractivity contribution in [3.05, 3.63) is 58.5 Å². The zero-order valence-electron chi connectivity index (χ0n) is 10.6. The number of amides is 1. The number of hydrogen-bond donors (Lipinski definition) is 1. The van der Waals surface area contributed by atoms with E-state index in [9.17, 15) is 13.6 Å².